The van der Waals surface area contributed by atoms with E-state index < -0.39 is 0 Å². The highest BCUT2D eigenvalue weighted by Crippen LogP contribution is 2.63. The molecule has 24 heavy (non-hydrogen) atoms. The van der Waals surface area contributed by atoms with Crippen molar-refractivity contribution in [2.75, 3.05) is 6.54 Å². The van der Waals surface area contributed by atoms with Crippen LogP contribution in [0.5, 0.6) is 0 Å². The number of rotatable bonds is 5. The molecule has 2 fully saturated rings. The Morgan fingerprint density at radius 1 is 1.17 bits per heavy atom. The van der Waals surface area contributed by atoms with E-state index in [1.807, 2.05) is 6.07 Å². The fourth-order valence-electron chi connectivity index (χ4n) is 3.70. The number of benzene rings is 1. The summed E-state index contributed by atoms with van der Waals surface area (Å²) in [5.41, 5.74) is 2.07. The zero-order valence-corrected chi connectivity index (χ0v) is 14.2. The number of carbonyl (C=O) groups excluding carboxylic acids is 1. The molecule has 0 aliphatic heterocycles. The minimum absolute atomic E-state index is 0.0265. The highest BCUT2D eigenvalue weighted by Gasteiger charge is 2.61. The third-order valence-corrected chi connectivity index (χ3v) is 5.67. The van der Waals surface area contributed by atoms with Crippen molar-refractivity contribution >= 4 is 5.91 Å². The Balaban J connectivity index is 1.46. The SMILES string of the molecule is CC1(C)C[C@]1(CNC(=O)c1cnc(C2CC2)nc1)c1ccccc1. The molecule has 4 heteroatoms. The van der Waals surface area contributed by atoms with Crippen molar-refractivity contribution in [1.29, 1.82) is 0 Å². The first-order chi connectivity index (χ1) is 11.5. The second-order valence-electron chi connectivity index (χ2n) is 7.80. The van der Waals surface area contributed by atoms with Crippen molar-refractivity contribution < 1.29 is 4.79 Å². The van der Waals surface area contributed by atoms with Crippen LogP contribution in [0.4, 0.5) is 0 Å². The van der Waals surface area contributed by atoms with Gasteiger partial charge in [0.1, 0.15) is 5.82 Å². The summed E-state index contributed by atoms with van der Waals surface area (Å²) in [6.07, 6.45) is 6.73. The Labute approximate surface area is 142 Å². The van der Waals surface area contributed by atoms with Crippen molar-refractivity contribution in [3.05, 3.63) is 59.7 Å². The van der Waals surface area contributed by atoms with Crippen molar-refractivity contribution in [1.82, 2.24) is 15.3 Å². The van der Waals surface area contributed by atoms with Gasteiger partial charge in [0.2, 0.25) is 0 Å². The first-order valence-electron chi connectivity index (χ1n) is 8.68. The van der Waals surface area contributed by atoms with E-state index >= 15 is 0 Å². The van der Waals surface area contributed by atoms with E-state index in [-0.39, 0.29) is 16.7 Å². The van der Waals surface area contributed by atoms with Gasteiger partial charge in [-0.1, -0.05) is 44.2 Å². The third-order valence-electron chi connectivity index (χ3n) is 5.67. The first kappa shape index (κ1) is 15.3. The summed E-state index contributed by atoms with van der Waals surface area (Å²) < 4.78 is 0. The maximum absolute atomic E-state index is 12.5. The van der Waals surface area contributed by atoms with Crippen LogP contribution in [0.3, 0.4) is 0 Å². The second-order valence-corrected chi connectivity index (χ2v) is 7.80. The van der Waals surface area contributed by atoms with E-state index in [4.69, 9.17) is 0 Å². The van der Waals surface area contributed by atoms with Crippen LogP contribution in [0.1, 0.15) is 60.8 Å². The molecule has 0 bridgehead atoms. The van der Waals surface area contributed by atoms with Crippen LogP contribution in [0.25, 0.3) is 0 Å². The lowest BCUT2D eigenvalue weighted by molar-refractivity contribution is 0.0947. The molecule has 1 heterocycles. The van der Waals surface area contributed by atoms with Gasteiger partial charge in [-0.3, -0.25) is 4.79 Å². The van der Waals surface area contributed by atoms with E-state index in [9.17, 15) is 4.79 Å². The van der Waals surface area contributed by atoms with Gasteiger partial charge in [0.25, 0.3) is 5.91 Å². The largest absolute Gasteiger partial charge is 0.351 e. The van der Waals surface area contributed by atoms with Crippen LogP contribution < -0.4 is 5.32 Å². The lowest BCUT2D eigenvalue weighted by atomic mass is 9.88. The van der Waals surface area contributed by atoms with Gasteiger partial charge in [-0.05, 0) is 30.2 Å². The summed E-state index contributed by atoms with van der Waals surface area (Å²) in [6, 6.07) is 10.5. The summed E-state index contributed by atoms with van der Waals surface area (Å²) in [4.78, 5) is 21.1. The zero-order valence-electron chi connectivity index (χ0n) is 14.2. The zero-order chi connectivity index (χ0) is 16.8. The van der Waals surface area contributed by atoms with Gasteiger partial charge < -0.3 is 5.32 Å². The summed E-state index contributed by atoms with van der Waals surface area (Å²) in [6.45, 7) is 5.17. The fraction of sp³-hybridized carbons (Fsp3) is 0.450. The van der Waals surface area contributed by atoms with Crippen molar-refractivity contribution in [2.24, 2.45) is 5.41 Å². The Bertz CT molecular complexity index is 750. The molecule has 1 atom stereocenters. The molecule has 2 aromatic rings. The average Bonchev–Trinajstić information content (AvgIpc) is 3.51. The molecule has 2 aliphatic carbocycles. The molecule has 1 aromatic carbocycles. The van der Waals surface area contributed by atoms with Gasteiger partial charge in [0, 0.05) is 30.3 Å². The van der Waals surface area contributed by atoms with Crippen molar-refractivity contribution in [2.45, 2.75) is 44.4 Å². The number of hydrogen-bond donors (Lipinski definition) is 1. The number of nitrogens with one attached hydrogen (secondary N) is 1. The molecule has 4 rings (SSSR count). The Morgan fingerprint density at radius 2 is 1.79 bits per heavy atom. The highest BCUT2D eigenvalue weighted by atomic mass is 16.1. The van der Waals surface area contributed by atoms with E-state index in [0.29, 0.717) is 18.0 Å². The molecule has 4 nitrogen and oxygen atoms in total. The number of amides is 1. The van der Waals surface area contributed by atoms with Gasteiger partial charge in [-0.25, -0.2) is 9.97 Å². The molecule has 0 unspecified atom stereocenters. The smallest absolute Gasteiger partial charge is 0.254 e. The van der Waals surface area contributed by atoms with Gasteiger partial charge in [0.15, 0.2) is 0 Å². The fourth-order valence-corrected chi connectivity index (χ4v) is 3.70. The second kappa shape index (κ2) is 5.40. The molecule has 0 spiro atoms. The van der Waals surface area contributed by atoms with Gasteiger partial charge in [0.05, 0.1) is 5.56 Å². The Morgan fingerprint density at radius 3 is 2.33 bits per heavy atom. The lowest BCUT2D eigenvalue weighted by Crippen LogP contribution is -2.35. The normalized spacial score (nSPS) is 24.4. The van der Waals surface area contributed by atoms with Crippen LogP contribution in [-0.2, 0) is 5.41 Å². The van der Waals surface area contributed by atoms with Crippen LogP contribution in [-0.4, -0.2) is 22.4 Å². The molecule has 1 amide bonds. The third kappa shape index (κ3) is 2.60. The van der Waals surface area contributed by atoms with Crippen molar-refractivity contribution in [3.8, 4) is 0 Å². The standard InChI is InChI=1S/C20H23N3O/c1-19(2)12-20(19,16-6-4-3-5-7-16)13-23-18(24)15-10-21-17(22-11-15)14-8-9-14/h3-7,10-11,14H,8-9,12-13H2,1-2H3,(H,23,24)/t20-/m0/s1. The summed E-state index contributed by atoms with van der Waals surface area (Å²) >= 11 is 0. The number of aromatic nitrogens is 2. The van der Waals surface area contributed by atoms with Gasteiger partial charge >= 0.3 is 0 Å². The van der Waals surface area contributed by atoms with E-state index in [1.54, 1.807) is 12.4 Å². The van der Waals surface area contributed by atoms with Crippen molar-refractivity contribution in [3.63, 3.8) is 0 Å². The van der Waals surface area contributed by atoms with E-state index in [1.165, 1.54) is 18.4 Å². The molecular weight excluding hydrogens is 298 g/mol. The molecule has 2 aliphatic rings. The average molecular weight is 321 g/mol. The van der Waals surface area contributed by atoms with Crippen LogP contribution in [0, 0.1) is 5.41 Å². The molecule has 0 saturated heterocycles. The molecule has 0 radical (unpaired) electrons. The summed E-state index contributed by atoms with van der Waals surface area (Å²) in [7, 11) is 0. The van der Waals surface area contributed by atoms with Crippen LogP contribution in [0.2, 0.25) is 0 Å². The van der Waals surface area contributed by atoms with E-state index in [2.05, 4.69) is 53.4 Å². The Kier molecular flexibility index (Phi) is 3.44. The Hall–Kier alpha value is -2.23. The van der Waals surface area contributed by atoms with Crippen LogP contribution in [0.15, 0.2) is 42.7 Å². The molecular formula is C20H23N3O. The maximum atomic E-state index is 12.5. The predicted molar refractivity (Wildman–Crippen MR) is 92.9 cm³/mol. The molecule has 2 saturated carbocycles. The lowest BCUT2D eigenvalue weighted by Gasteiger charge is -2.22. The summed E-state index contributed by atoms with van der Waals surface area (Å²) in [5.74, 6) is 1.29. The number of hydrogen-bond acceptors (Lipinski definition) is 3. The van der Waals surface area contributed by atoms with E-state index in [0.717, 1.165) is 12.2 Å². The first-order valence-corrected chi connectivity index (χ1v) is 8.68. The topological polar surface area (TPSA) is 54.9 Å². The van der Waals surface area contributed by atoms with Crippen LogP contribution >= 0.6 is 0 Å². The van der Waals surface area contributed by atoms with Gasteiger partial charge in [-0.15, -0.1) is 0 Å². The maximum Gasteiger partial charge on any atom is 0.254 e. The highest BCUT2D eigenvalue weighted by molar-refractivity contribution is 5.93. The number of carbonyl (C=O) groups is 1. The summed E-state index contributed by atoms with van der Waals surface area (Å²) in [5, 5.41) is 3.10. The predicted octanol–water partition coefficient (Wildman–Crippen LogP) is 3.45. The monoisotopic (exact) mass is 321 g/mol. The van der Waals surface area contributed by atoms with Gasteiger partial charge in [-0.2, -0.15) is 0 Å². The minimum Gasteiger partial charge on any atom is -0.351 e. The minimum atomic E-state index is -0.0876. The molecule has 1 aromatic heterocycles. The quantitative estimate of drug-likeness (QED) is 0.917. The molecule has 124 valence electrons. The molecule has 1 N–H and O–H groups in total. The number of nitrogens with zero attached hydrogens (tertiary/aromatic N) is 2.